The summed E-state index contributed by atoms with van der Waals surface area (Å²) in [6.07, 6.45) is 5.95. The lowest BCUT2D eigenvalue weighted by Gasteiger charge is -2.11. The molecule has 4 aromatic rings. The van der Waals surface area contributed by atoms with Crippen molar-refractivity contribution in [1.29, 1.82) is 0 Å². The van der Waals surface area contributed by atoms with Gasteiger partial charge in [0.05, 0.1) is 29.3 Å². The molecule has 0 spiro atoms. The lowest BCUT2D eigenvalue weighted by atomic mass is 10.1. The second-order valence-electron chi connectivity index (χ2n) is 7.87. The first kappa shape index (κ1) is 19.1. The second kappa shape index (κ2) is 7.75. The maximum Gasteiger partial charge on any atom is 0.326 e. The summed E-state index contributed by atoms with van der Waals surface area (Å²) < 4.78 is 1.80. The monoisotopic (exact) mass is 418 g/mol. The Hall–Kier alpha value is -3.88. The minimum absolute atomic E-state index is 0.145. The van der Waals surface area contributed by atoms with E-state index in [1.165, 1.54) is 0 Å². The van der Waals surface area contributed by atoms with Crippen LogP contribution in [0.15, 0.2) is 47.4 Å². The van der Waals surface area contributed by atoms with Gasteiger partial charge in [0.1, 0.15) is 0 Å². The van der Waals surface area contributed by atoms with Crippen molar-refractivity contribution >= 4 is 39.4 Å². The Labute approximate surface area is 176 Å². The lowest BCUT2D eigenvalue weighted by Crippen LogP contribution is -2.32. The number of H-pyrrole nitrogens is 2. The number of carbonyl (C=O) groups excluding carboxylic acids is 2. The molecule has 0 saturated heterocycles. The Bertz CT molecular complexity index is 1340. The highest BCUT2D eigenvalue weighted by atomic mass is 16.2. The summed E-state index contributed by atoms with van der Waals surface area (Å²) in [7, 11) is 0. The van der Waals surface area contributed by atoms with Gasteiger partial charge in [0.25, 0.3) is 5.91 Å². The van der Waals surface area contributed by atoms with E-state index >= 15 is 0 Å². The Morgan fingerprint density at radius 3 is 2.77 bits per heavy atom. The molecule has 9 heteroatoms. The number of rotatable bonds is 5. The highest BCUT2D eigenvalue weighted by Crippen LogP contribution is 2.30. The summed E-state index contributed by atoms with van der Waals surface area (Å²) in [4.78, 5) is 40.0. The van der Waals surface area contributed by atoms with Gasteiger partial charge in [-0.25, -0.2) is 4.79 Å². The van der Waals surface area contributed by atoms with Gasteiger partial charge in [-0.05, 0) is 49.2 Å². The van der Waals surface area contributed by atoms with Gasteiger partial charge in [-0.3, -0.25) is 19.3 Å². The van der Waals surface area contributed by atoms with E-state index in [0.29, 0.717) is 16.8 Å². The predicted octanol–water partition coefficient (Wildman–Crippen LogP) is 2.69. The van der Waals surface area contributed by atoms with Gasteiger partial charge in [0.15, 0.2) is 0 Å². The predicted molar refractivity (Wildman–Crippen MR) is 117 cm³/mol. The standard InChI is InChI=1S/C22H22N6O3/c29-20(25-15-7-5-14-11-24-27-17(14)10-15)12-23-21(30)13-6-8-19-18(9-13)26-22(31)28(19)16-3-1-2-4-16/h5-11,16H,1-4,12H2,(H,23,30)(H,24,27)(H,25,29)(H,26,31). The molecule has 2 heterocycles. The van der Waals surface area contributed by atoms with E-state index < -0.39 is 0 Å². The molecule has 1 saturated carbocycles. The second-order valence-corrected chi connectivity index (χ2v) is 7.87. The van der Waals surface area contributed by atoms with E-state index in [1.807, 2.05) is 6.07 Å². The fourth-order valence-corrected chi connectivity index (χ4v) is 4.28. The Kier molecular flexibility index (Phi) is 4.78. The molecular weight excluding hydrogens is 396 g/mol. The summed E-state index contributed by atoms with van der Waals surface area (Å²) in [5.41, 5.74) is 3.10. The molecule has 4 N–H and O–H groups in total. The summed E-state index contributed by atoms with van der Waals surface area (Å²) in [5, 5.41) is 13.1. The van der Waals surface area contributed by atoms with Crippen LogP contribution in [0, 0.1) is 0 Å². The van der Waals surface area contributed by atoms with Crippen LogP contribution in [0.25, 0.3) is 21.9 Å². The number of nitrogens with zero attached hydrogens (tertiary/aromatic N) is 2. The largest absolute Gasteiger partial charge is 0.343 e. The van der Waals surface area contributed by atoms with Crippen molar-refractivity contribution < 1.29 is 9.59 Å². The first-order valence-electron chi connectivity index (χ1n) is 10.3. The van der Waals surface area contributed by atoms with Crippen molar-refractivity contribution in [3.05, 3.63) is 58.6 Å². The van der Waals surface area contributed by atoms with Crippen molar-refractivity contribution in [2.75, 3.05) is 11.9 Å². The molecule has 0 bridgehead atoms. The zero-order valence-corrected chi connectivity index (χ0v) is 16.8. The molecular formula is C22H22N6O3. The van der Waals surface area contributed by atoms with E-state index in [0.717, 1.165) is 42.1 Å². The van der Waals surface area contributed by atoms with Crippen LogP contribution in [-0.2, 0) is 4.79 Å². The van der Waals surface area contributed by atoms with Crippen LogP contribution in [0.3, 0.4) is 0 Å². The fourth-order valence-electron chi connectivity index (χ4n) is 4.28. The molecule has 2 aromatic carbocycles. The van der Waals surface area contributed by atoms with Crippen LogP contribution >= 0.6 is 0 Å². The molecule has 0 aliphatic heterocycles. The molecule has 2 aromatic heterocycles. The maximum atomic E-state index is 12.5. The third-order valence-electron chi connectivity index (χ3n) is 5.80. The average molecular weight is 418 g/mol. The zero-order chi connectivity index (χ0) is 21.4. The molecule has 158 valence electrons. The van der Waals surface area contributed by atoms with Crippen LogP contribution in [0.5, 0.6) is 0 Å². The lowest BCUT2D eigenvalue weighted by molar-refractivity contribution is -0.115. The van der Waals surface area contributed by atoms with Crippen molar-refractivity contribution in [2.45, 2.75) is 31.7 Å². The Balaban J connectivity index is 1.25. The number of hydrogen-bond acceptors (Lipinski definition) is 4. The number of hydrogen-bond donors (Lipinski definition) is 4. The maximum absolute atomic E-state index is 12.5. The van der Waals surface area contributed by atoms with Crippen LogP contribution in [0.2, 0.25) is 0 Å². The summed E-state index contributed by atoms with van der Waals surface area (Å²) in [5.74, 6) is -0.718. The van der Waals surface area contributed by atoms with Gasteiger partial charge < -0.3 is 15.6 Å². The van der Waals surface area contributed by atoms with Gasteiger partial charge in [-0.15, -0.1) is 0 Å². The van der Waals surface area contributed by atoms with E-state index in [4.69, 9.17) is 0 Å². The van der Waals surface area contributed by atoms with E-state index in [2.05, 4.69) is 25.8 Å². The van der Waals surface area contributed by atoms with Crippen LogP contribution in [0.1, 0.15) is 42.1 Å². The fraction of sp³-hybridized carbons (Fsp3) is 0.273. The molecule has 1 aliphatic carbocycles. The summed E-state index contributed by atoms with van der Waals surface area (Å²) >= 11 is 0. The van der Waals surface area contributed by atoms with Crippen molar-refractivity contribution in [1.82, 2.24) is 25.1 Å². The quantitative estimate of drug-likeness (QED) is 0.398. The number of carbonyl (C=O) groups is 2. The molecule has 1 aliphatic rings. The van der Waals surface area contributed by atoms with Crippen LogP contribution in [-0.4, -0.2) is 38.1 Å². The van der Waals surface area contributed by atoms with Crippen molar-refractivity contribution in [3.8, 4) is 0 Å². The average Bonchev–Trinajstić information content (AvgIpc) is 3.50. The minimum Gasteiger partial charge on any atom is -0.343 e. The van der Waals surface area contributed by atoms with E-state index in [1.54, 1.807) is 41.1 Å². The number of imidazole rings is 1. The number of aromatic amines is 2. The molecule has 0 unspecified atom stereocenters. The van der Waals surface area contributed by atoms with Crippen molar-refractivity contribution in [2.24, 2.45) is 0 Å². The molecule has 5 rings (SSSR count). The molecule has 0 radical (unpaired) electrons. The van der Waals surface area contributed by atoms with Crippen LogP contribution < -0.4 is 16.3 Å². The molecule has 1 fully saturated rings. The number of benzene rings is 2. The third kappa shape index (κ3) is 3.70. The smallest absolute Gasteiger partial charge is 0.326 e. The number of nitrogens with one attached hydrogen (secondary N) is 4. The minimum atomic E-state index is -0.379. The first-order chi connectivity index (χ1) is 15.1. The number of aromatic nitrogens is 4. The summed E-state index contributed by atoms with van der Waals surface area (Å²) in [6.45, 7) is -0.169. The summed E-state index contributed by atoms with van der Waals surface area (Å²) in [6, 6.07) is 10.7. The van der Waals surface area contributed by atoms with Crippen molar-refractivity contribution in [3.63, 3.8) is 0 Å². The number of anilines is 1. The van der Waals surface area contributed by atoms with Gasteiger partial charge in [-0.2, -0.15) is 5.10 Å². The molecule has 31 heavy (non-hydrogen) atoms. The Morgan fingerprint density at radius 2 is 1.94 bits per heavy atom. The third-order valence-corrected chi connectivity index (χ3v) is 5.80. The van der Waals surface area contributed by atoms with Gasteiger partial charge in [0.2, 0.25) is 5.91 Å². The van der Waals surface area contributed by atoms with E-state index in [-0.39, 0.29) is 30.1 Å². The van der Waals surface area contributed by atoms with E-state index in [9.17, 15) is 14.4 Å². The SMILES string of the molecule is O=C(CNC(=O)c1ccc2c(c1)[nH]c(=O)n2C1CCCC1)Nc1ccc2cn[nH]c2c1. The molecule has 2 amide bonds. The topological polar surface area (TPSA) is 125 Å². The number of fused-ring (bicyclic) bond motifs is 2. The Morgan fingerprint density at radius 1 is 1.10 bits per heavy atom. The highest BCUT2D eigenvalue weighted by Gasteiger charge is 2.21. The van der Waals surface area contributed by atoms with Crippen LogP contribution in [0.4, 0.5) is 5.69 Å². The zero-order valence-electron chi connectivity index (χ0n) is 16.8. The molecule has 9 nitrogen and oxygen atoms in total. The van der Waals surface area contributed by atoms with Gasteiger partial charge in [0, 0.05) is 22.7 Å². The van der Waals surface area contributed by atoms with Gasteiger partial charge in [-0.1, -0.05) is 12.8 Å². The normalized spacial score (nSPS) is 14.3. The highest BCUT2D eigenvalue weighted by molar-refractivity contribution is 6.01. The molecule has 0 atom stereocenters. The first-order valence-corrected chi connectivity index (χ1v) is 10.3. The number of amides is 2. The van der Waals surface area contributed by atoms with Gasteiger partial charge >= 0.3 is 5.69 Å².